The number of carbonyl (C=O) groups excluding carboxylic acids is 1. The van der Waals surface area contributed by atoms with Crippen molar-refractivity contribution in [3.05, 3.63) is 95.1 Å². The lowest BCUT2D eigenvalue weighted by Crippen LogP contribution is -2.68. The van der Waals surface area contributed by atoms with Gasteiger partial charge in [-0.05, 0) is 54.8 Å². The highest BCUT2D eigenvalue weighted by Crippen LogP contribution is 2.52. The van der Waals surface area contributed by atoms with Crippen LogP contribution in [0.3, 0.4) is 0 Å². The summed E-state index contributed by atoms with van der Waals surface area (Å²) in [4.78, 5) is 15.0. The van der Waals surface area contributed by atoms with Gasteiger partial charge in [0, 0.05) is 24.1 Å². The molecular formula is C31H34N2O3. The lowest BCUT2D eigenvalue weighted by atomic mass is 9.74. The van der Waals surface area contributed by atoms with Crippen LogP contribution in [0.25, 0.3) is 6.08 Å². The predicted molar refractivity (Wildman–Crippen MR) is 144 cm³/mol. The van der Waals surface area contributed by atoms with Gasteiger partial charge >= 0.3 is 0 Å². The second-order valence-corrected chi connectivity index (χ2v) is 10.1. The fraction of sp³-hybridized carbons (Fsp3) is 0.323. The van der Waals surface area contributed by atoms with Crippen molar-refractivity contribution in [1.82, 2.24) is 5.32 Å². The Hall–Kier alpha value is -3.73. The van der Waals surface area contributed by atoms with E-state index >= 15 is 0 Å². The van der Waals surface area contributed by atoms with E-state index in [0.717, 1.165) is 11.1 Å². The van der Waals surface area contributed by atoms with E-state index in [-0.39, 0.29) is 11.3 Å². The summed E-state index contributed by atoms with van der Waals surface area (Å²) < 4.78 is 12.0. The van der Waals surface area contributed by atoms with E-state index in [1.807, 2.05) is 25.1 Å². The number of para-hydroxylation sites is 1. The minimum atomic E-state index is -0.640. The van der Waals surface area contributed by atoms with Crippen LogP contribution in [0.4, 0.5) is 5.69 Å². The molecule has 2 aliphatic rings. The lowest BCUT2D eigenvalue weighted by Gasteiger charge is -2.49. The van der Waals surface area contributed by atoms with Gasteiger partial charge in [-0.3, -0.25) is 4.79 Å². The molecule has 1 atom stereocenters. The zero-order valence-corrected chi connectivity index (χ0v) is 21.5. The van der Waals surface area contributed by atoms with E-state index < -0.39 is 5.66 Å². The molecular weight excluding hydrogens is 448 g/mol. The molecule has 5 rings (SSSR count). The van der Waals surface area contributed by atoms with Crippen LogP contribution in [-0.2, 0) is 16.8 Å². The van der Waals surface area contributed by atoms with Crippen LogP contribution in [0.5, 0.6) is 11.5 Å². The van der Waals surface area contributed by atoms with Crippen molar-refractivity contribution in [2.24, 2.45) is 0 Å². The first-order chi connectivity index (χ1) is 17.3. The highest BCUT2D eigenvalue weighted by molar-refractivity contribution is 5.84. The number of aryl methyl sites for hydroxylation is 1. The summed E-state index contributed by atoms with van der Waals surface area (Å²) in [5.41, 5.74) is 4.80. The highest BCUT2D eigenvalue weighted by atomic mass is 16.5. The molecule has 2 heterocycles. The van der Waals surface area contributed by atoms with E-state index in [9.17, 15) is 4.79 Å². The van der Waals surface area contributed by atoms with Gasteiger partial charge in [0.25, 0.3) is 0 Å². The standard InChI is InChI=1S/C31H34N2O3/c1-5-35-28-20-23(14-15-27(28)36-21-24-12-10-22(2)11-13-24)16-18-31-30(3,4)25-8-6-7-9-26(25)33(31)19-17-29(34)32-31/h6-16,18,20H,5,17,19,21H2,1-4H3,(H,32,34)/b18-16+/t31-/m1/s1. The first-order valence-corrected chi connectivity index (χ1v) is 12.7. The van der Waals surface area contributed by atoms with Crippen LogP contribution in [0.15, 0.2) is 72.8 Å². The molecule has 1 N–H and O–H groups in total. The average Bonchev–Trinajstić information content (AvgIpc) is 3.07. The Kier molecular flexibility index (Phi) is 6.25. The molecule has 2 aliphatic heterocycles. The Labute approximate surface area is 213 Å². The average molecular weight is 483 g/mol. The van der Waals surface area contributed by atoms with Gasteiger partial charge in [-0.25, -0.2) is 0 Å². The molecule has 0 radical (unpaired) electrons. The zero-order chi connectivity index (χ0) is 25.3. The molecule has 1 fully saturated rings. The largest absolute Gasteiger partial charge is 0.490 e. The minimum absolute atomic E-state index is 0.0756. The summed E-state index contributed by atoms with van der Waals surface area (Å²) in [5.74, 6) is 1.50. The Bertz CT molecular complexity index is 1300. The Morgan fingerprint density at radius 2 is 1.78 bits per heavy atom. The van der Waals surface area contributed by atoms with Crippen LogP contribution in [-0.4, -0.2) is 24.7 Å². The Morgan fingerprint density at radius 1 is 1.00 bits per heavy atom. The number of nitrogens with zero attached hydrogens (tertiary/aromatic N) is 1. The number of hydrogen-bond donors (Lipinski definition) is 1. The number of ether oxygens (including phenoxy) is 2. The molecule has 186 valence electrons. The maximum Gasteiger partial charge on any atom is 0.223 e. The van der Waals surface area contributed by atoms with E-state index in [1.54, 1.807) is 0 Å². The summed E-state index contributed by atoms with van der Waals surface area (Å²) in [7, 11) is 0. The first kappa shape index (κ1) is 24.0. The SMILES string of the molecule is CCOc1cc(/C=C/[C@@]23NC(=O)CCN2c2ccccc2C3(C)C)ccc1OCc1ccc(C)cc1. The predicted octanol–water partition coefficient (Wildman–Crippen LogP) is 6.00. The minimum Gasteiger partial charge on any atom is -0.490 e. The van der Waals surface area contributed by atoms with E-state index in [2.05, 4.69) is 91.7 Å². The highest BCUT2D eigenvalue weighted by Gasteiger charge is 2.57. The smallest absolute Gasteiger partial charge is 0.223 e. The molecule has 0 spiro atoms. The summed E-state index contributed by atoms with van der Waals surface area (Å²) in [6.45, 7) is 10.2. The molecule has 0 aromatic heterocycles. The van der Waals surface area contributed by atoms with Crippen LogP contribution in [0, 0.1) is 6.92 Å². The summed E-state index contributed by atoms with van der Waals surface area (Å²) in [6, 6.07) is 22.8. The van der Waals surface area contributed by atoms with Gasteiger partial charge < -0.3 is 19.7 Å². The van der Waals surface area contributed by atoms with Crippen molar-refractivity contribution in [1.29, 1.82) is 0 Å². The number of fused-ring (bicyclic) bond motifs is 3. The number of nitrogens with one attached hydrogen (secondary N) is 1. The fourth-order valence-corrected chi connectivity index (χ4v) is 5.40. The number of anilines is 1. The van der Waals surface area contributed by atoms with E-state index in [1.165, 1.54) is 16.8 Å². The van der Waals surface area contributed by atoms with Crippen LogP contribution < -0.4 is 19.7 Å². The molecule has 36 heavy (non-hydrogen) atoms. The molecule has 1 amide bonds. The van der Waals surface area contributed by atoms with Crippen molar-refractivity contribution >= 4 is 17.7 Å². The number of hydrogen-bond acceptors (Lipinski definition) is 4. The van der Waals surface area contributed by atoms with Gasteiger partial charge in [0.15, 0.2) is 11.5 Å². The third-order valence-corrected chi connectivity index (χ3v) is 7.44. The van der Waals surface area contributed by atoms with Crippen LogP contribution >= 0.6 is 0 Å². The fourth-order valence-electron chi connectivity index (χ4n) is 5.40. The van der Waals surface area contributed by atoms with E-state index in [0.29, 0.717) is 37.7 Å². The third kappa shape index (κ3) is 4.13. The Balaban J connectivity index is 1.44. The second-order valence-electron chi connectivity index (χ2n) is 10.1. The molecule has 1 saturated heterocycles. The van der Waals surface area contributed by atoms with Crippen molar-refractivity contribution < 1.29 is 14.3 Å². The van der Waals surface area contributed by atoms with Gasteiger partial charge in [-0.1, -0.05) is 74.0 Å². The molecule has 5 nitrogen and oxygen atoms in total. The molecule has 0 unspecified atom stereocenters. The van der Waals surface area contributed by atoms with Crippen LogP contribution in [0.1, 0.15) is 49.4 Å². The zero-order valence-electron chi connectivity index (χ0n) is 21.5. The first-order valence-electron chi connectivity index (χ1n) is 12.7. The second kappa shape index (κ2) is 9.38. The monoisotopic (exact) mass is 482 g/mol. The number of carbonyl (C=O) groups is 1. The molecule has 0 bridgehead atoms. The molecule has 5 heteroatoms. The number of rotatable bonds is 7. The number of benzene rings is 3. The molecule has 0 aliphatic carbocycles. The van der Waals surface area contributed by atoms with E-state index in [4.69, 9.17) is 9.47 Å². The van der Waals surface area contributed by atoms with Crippen molar-refractivity contribution in [3.63, 3.8) is 0 Å². The van der Waals surface area contributed by atoms with Gasteiger partial charge in [-0.15, -0.1) is 0 Å². The number of amides is 1. The van der Waals surface area contributed by atoms with Crippen molar-refractivity contribution in [3.8, 4) is 11.5 Å². The van der Waals surface area contributed by atoms with Gasteiger partial charge in [0.05, 0.1) is 6.61 Å². The molecule has 3 aromatic rings. The maximum atomic E-state index is 12.6. The summed E-state index contributed by atoms with van der Waals surface area (Å²) in [5, 5.41) is 3.34. The summed E-state index contributed by atoms with van der Waals surface area (Å²) >= 11 is 0. The van der Waals surface area contributed by atoms with Crippen molar-refractivity contribution in [2.75, 3.05) is 18.1 Å². The normalized spacial score (nSPS) is 20.1. The van der Waals surface area contributed by atoms with Gasteiger partial charge in [0.2, 0.25) is 5.91 Å². The molecule has 0 saturated carbocycles. The van der Waals surface area contributed by atoms with Crippen molar-refractivity contribution in [2.45, 2.75) is 51.8 Å². The lowest BCUT2D eigenvalue weighted by molar-refractivity contribution is -0.124. The quantitative estimate of drug-likeness (QED) is 0.449. The van der Waals surface area contributed by atoms with Gasteiger partial charge in [0.1, 0.15) is 12.3 Å². The third-order valence-electron chi connectivity index (χ3n) is 7.44. The van der Waals surface area contributed by atoms with Crippen LogP contribution in [0.2, 0.25) is 0 Å². The molecule has 3 aromatic carbocycles. The van der Waals surface area contributed by atoms with Gasteiger partial charge in [-0.2, -0.15) is 0 Å². The summed E-state index contributed by atoms with van der Waals surface area (Å²) in [6.07, 6.45) is 4.71. The topological polar surface area (TPSA) is 50.8 Å². The maximum absolute atomic E-state index is 12.6. The Morgan fingerprint density at radius 3 is 2.56 bits per heavy atom.